The highest BCUT2D eigenvalue weighted by Crippen LogP contribution is 2.21. The minimum absolute atomic E-state index is 0.550. The lowest BCUT2D eigenvalue weighted by atomic mass is 10.6. The number of hydrogen-bond acceptors (Lipinski definition) is 4. The van der Waals surface area contributed by atoms with Crippen molar-refractivity contribution in [2.75, 3.05) is 25.0 Å². The van der Waals surface area contributed by atoms with Gasteiger partial charge in [-0.15, -0.1) is 11.3 Å². The summed E-state index contributed by atoms with van der Waals surface area (Å²) in [7, 11) is 1.95. The lowest BCUT2D eigenvalue weighted by Crippen LogP contribution is -2.24. The summed E-state index contributed by atoms with van der Waals surface area (Å²) in [4.78, 5) is 6.07. The van der Waals surface area contributed by atoms with Crippen molar-refractivity contribution in [3.63, 3.8) is 0 Å². The predicted octanol–water partition coefficient (Wildman–Crippen LogP) is 1.19. The van der Waals surface area contributed by atoms with E-state index in [-0.39, 0.29) is 0 Å². The minimum atomic E-state index is 0.550. The summed E-state index contributed by atoms with van der Waals surface area (Å²) < 4.78 is 0. The normalized spacial score (nSPS) is 10.1. The summed E-state index contributed by atoms with van der Waals surface area (Å²) >= 11 is 7.17. The van der Waals surface area contributed by atoms with E-state index in [1.807, 2.05) is 17.3 Å². The standard InChI is InChI=1S/C6H10ClN3S/c1-10(3-2-8)6-9-5(7)4-11-6/h4H,2-3,8H2,1H3. The summed E-state index contributed by atoms with van der Waals surface area (Å²) in [5.74, 6) is 0. The van der Waals surface area contributed by atoms with Crippen LogP contribution in [0.5, 0.6) is 0 Å². The topological polar surface area (TPSA) is 42.1 Å². The number of hydrogen-bond donors (Lipinski definition) is 1. The van der Waals surface area contributed by atoms with Gasteiger partial charge in [-0.3, -0.25) is 0 Å². The maximum atomic E-state index is 5.65. The molecule has 0 amide bonds. The summed E-state index contributed by atoms with van der Waals surface area (Å²) in [6, 6.07) is 0. The Morgan fingerprint density at radius 2 is 2.55 bits per heavy atom. The molecular formula is C6H10ClN3S. The lowest BCUT2D eigenvalue weighted by Gasteiger charge is -2.12. The zero-order chi connectivity index (χ0) is 8.27. The van der Waals surface area contributed by atoms with E-state index in [9.17, 15) is 0 Å². The molecule has 1 aromatic rings. The first kappa shape index (κ1) is 8.77. The van der Waals surface area contributed by atoms with Gasteiger partial charge in [-0.1, -0.05) is 11.6 Å². The molecule has 0 spiro atoms. The molecule has 0 aliphatic rings. The molecule has 0 unspecified atom stereocenters. The molecule has 0 saturated heterocycles. The van der Waals surface area contributed by atoms with Gasteiger partial charge in [-0.05, 0) is 0 Å². The van der Waals surface area contributed by atoms with Crippen molar-refractivity contribution in [1.82, 2.24) is 4.98 Å². The Morgan fingerprint density at radius 1 is 1.82 bits per heavy atom. The van der Waals surface area contributed by atoms with Crippen LogP contribution >= 0.6 is 22.9 Å². The first-order valence-corrected chi connectivity index (χ1v) is 4.52. The van der Waals surface area contributed by atoms with Crippen molar-refractivity contribution in [3.8, 4) is 0 Å². The van der Waals surface area contributed by atoms with Crippen LogP contribution in [0.1, 0.15) is 0 Å². The van der Waals surface area contributed by atoms with Gasteiger partial charge < -0.3 is 10.6 Å². The number of thiazole rings is 1. The van der Waals surface area contributed by atoms with Crippen LogP contribution in [-0.2, 0) is 0 Å². The van der Waals surface area contributed by atoms with Gasteiger partial charge in [0.05, 0.1) is 0 Å². The maximum absolute atomic E-state index is 5.65. The SMILES string of the molecule is CN(CCN)c1nc(Cl)cs1. The molecule has 5 heteroatoms. The third kappa shape index (κ3) is 2.32. The molecule has 0 radical (unpaired) electrons. The fraction of sp³-hybridized carbons (Fsp3) is 0.500. The van der Waals surface area contributed by atoms with Crippen LogP contribution < -0.4 is 10.6 Å². The van der Waals surface area contributed by atoms with Crippen LogP contribution in [0.3, 0.4) is 0 Å². The quantitative estimate of drug-likeness (QED) is 0.781. The van der Waals surface area contributed by atoms with E-state index in [4.69, 9.17) is 17.3 Å². The second-order valence-electron chi connectivity index (χ2n) is 2.16. The first-order chi connectivity index (χ1) is 5.24. The highest BCUT2D eigenvalue weighted by atomic mass is 35.5. The van der Waals surface area contributed by atoms with Crippen molar-refractivity contribution in [3.05, 3.63) is 10.5 Å². The molecular weight excluding hydrogens is 182 g/mol. The Morgan fingerprint density at radius 3 is 3.00 bits per heavy atom. The fourth-order valence-corrected chi connectivity index (χ4v) is 1.65. The van der Waals surface area contributed by atoms with E-state index in [1.165, 1.54) is 11.3 Å². The molecule has 1 heterocycles. The average molecular weight is 192 g/mol. The van der Waals surface area contributed by atoms with E-state index in [2.05, 4.69) is 4.98 Å². The summed E-state index contributed by atoms with van der Waals surface area (Å²) in [5, 5.41) is 3.28. The zero-order valence-corrected chi connectivity index (χ0v) is 7.82. The molecule has 0 atom stereocenters. The Hall–Kier alpha value is -0.320. The second-order valence-corrected chi connectivity index (χ2v) is 3.39. The number of nitrogens with two attached hydrogens (primary N) is 1. The van der Waals surface area contributed by atoms with Gasteiger partial charge >= 0.3 is 0 Å². The third-order valence-corrected chi connectivity index (χ3v) is 2.53. The molecule has 0 fully saturated rings. The summed E-state index contributed by atoms with van der Waals surface area (Å²) in [6.45, 7) is 1.44. The Labute approximate surface area is 74.8 Å². The van der Waals surface area contributed by atoms with Crippen LogP contribution in [0, 0.1) is 0 Å². The largest absolute Gasteiger partial charge is 0.350 e. The van der Waals surface area contributed by atoms with Gasteiger partial charge in [-0.25, -0.2) is 4.98 Å². The number of rotatable bonds is 3. The van der Waals surface area contributed by atoms with Crippen molar-refractivity contribution < 1.29 is 0 Å². The molecule has 0 saturated carbocycles. The molecule has 62 valence electrons. The Kier molecular flexibility index (Phi) is 3.11. The van der Waals surface area contributed by atoms with E-state index in [0.29, 0.717) is 11.7 Å². The number of anilines is 1. The molecule has 11 heavy (non-hydrogen) atoms. The van der Waals surface area contributed by atoms with Gasteiger partial charge in [0.15, 0.2) is 5.13 Å². The molecule has 1 aromatic heterocycles. The van der Waals surface area contributed by atoms with E-state index in [0.717, 1.165) is 11.7 Å². The lowest BCUT2D eigenvalue weighted by molar-refractivity contribution is 0.880. The minimum Gasteiger partial charge on any atom is -0.350 e. The highest BCUT2D eigenvalue weighted by Gasteiger charge is 2.03. The molecule has 1 rings (SSSR count). The zero-order valence-electron chi connectivity index (χ0n) is 6.25. The molecule has 0 aromatic carbocycles. The van der Waals surface area contributed by atoms with Crippen LogP contribution in [-0.4, -0.2) is 25.1 Å². The molecule has 0 bridgehead atoms. The predicted molar refractivity (Wildman–Crippen MR) is 49.4 cm³/mol. The number of likely N-dealkylation sites (N-methyl/N-ethyl adjacent to an activating group) is 1. The third-order valence-electron chi connectivity index (χ3n) is 1.26. The van der Waals surface area contributed by atoms with Gasteiger partial charge in [0, 0.05) is 25.5 Å². The monoisotopic (exact) mass is 191 g/mol. The van der Waals surface area contributed by atoms with Crippen LogP contribution in [0.15, 0.2) is 5.38 Å². The first-order valence-electron chi connectivity index (χ1n) is 3.26. The van der Waals surface area contributed by atoms with Crippen LogP contribution in [0.2, 0.25) is 5.15 Å². The molecule has 3 nitrogen and oxygen atoms in total. The Bertz CT molecular complexity index is 225. The van der Waals surface area contributed by atoms with Gasteiger partial charge in [-0.2, -0.15) is 0 Å². The smallest absolute Gasteiger partial charge is 0.186 e. The van der Waals surface area contributed by atoms with Gasteiger partial charge in [0.2, 0.25) is 0 Å². The molecule has 0 aliphatic carbocycles. The summed E-state index contributed by atoms with van der Waals surface area (Å²) in [6.07, 6.45) is 0. The van der Waals surface area contributed by atoms with Crippen molar-refractivity contribution in [2.24, 2.45) is 5.73 Å². The second kappa shape index (κ2) is 3.90. The van der Waals surface area contributed by atoms with Crippen molar-refractivity contribution in [2.45, 2.75) is 0 Å². The van der Waals surface area contributed by atoms with Crippen LogP contribution in [0.4, 0.5) is 5.13 Å². The number of halogens is 1. The number of nitrogens with zero attached hydrogens (tertiary/aromatic N) is 2. The van der Waals surface area contributed by atoms with Crippen LogP contribution in [0.25, 0.3) is 0 Å². The van der Waals surface area contributed by atoms with Crippen molar-refractivity contribution in [1.29, 1.82) is 0 Å². The van der Waals surface area contributed by atoms with E-state index >= 15 is 0 Å². The molecule has 0 aliphatic heterocycles. The maximum Gasteiger partial charge on any atom is 0.186 e. The highest BCUT2D eigenvalue weighted by molar-refractivity contribution is 7.14. The van der Waals surface area contributed by atoms with E-state index < -0.39 is 0 Å². The van der Waals surface area contributed by atoms with E-state index in [1.54, 1.807) is 0 Å². The number of aromatic nitrogens is 1. The average Bonchev–Trinajstić information content (AvgIpc) is 2.36. The van der Waals surface area contributed by atoms with Gasteiger partial charge in [0.25, 0.3) is 0 Å². The Balaban J connectivity index is 2.60. The fourth-order valence-electron chi connectivity index (χ4n) is 0.710. The van der Waals surface area contributed by atoms with Crippen molar-refractivity contribution >= 4 is 28.1 Å². The molecule has 2 N–H and O–H groups in total. The summed E-state index contributed by atoms with van der Waals surface area (Å²) in [5.41, 5.74) is 5.38. The van der Waals surface area contributed by atoms with Gasteiger partial charge in [0.1, 0.15) is 5.15 Å².